The molecule has 1 unspecified atom stereocenters. The Morgan fingerprint density at radius 2 is 1.52 bits per heavy atom. The van der Waals surface area contributed by atoms with Crippen LogP contribution in [-0.2, 0) is 12.4 Å². The quantitative estimate of drug-likeness (QED) is 0.476. The SMILES string of the molecule is CCC(C(=O)c1ccc(C(F)(F)F)cc1C(F)(F)F)c1ccccc1. The molecule has 0 bridgehead atoms. The van der Waals surface area contributed by atoms with E-state index in [4.69, 9.17) is 0 Å². The Balaban J connectivity index is 2.55. The van der Waals surface area contributed by atoms with Crippen molar-refractivity contribution in [2.24, 2.45) is 0 Å². The molecule has 0 N–H and O–H groups in total. The number of rotatable bonds is 4. The van der Waals surface area contributed by atoms with Gasteiger partial charge in [-0.3, -0.25) is 4.79 Å². The highest BCUT2D eigenvalue weighted by atomic mass is 19.4. The van der Waals surface area contributed by atoms with E-state index in [0.717, 1.165) is 0 Å². The minimum Gasteiger partial charge on any atom is -0.293 e. The van der Waals surface area contributed by atoms with Crippen LogP contribution in [0.4, 0.5) is 26.3 Å². The summed E-state index contributed by atoms with van der Waals surface area (Å²) in [5.74, 6) is -1.71. The molecular formula is C18H14F6O. The van der Waals surface area contributed by atoms with Crippen LogP contribution in [0.3, 0.4) is 0 Å². The number of ketones is 1. The van der Waals surface area contributed by atoms with E-state index in [1.807, 2.05) is 0 Å². The van der Waals surface area contributed by atoms with E-state index in [-0.39, 0.29) is 12.5 Å². The molecule has 0 fully saturated rings. The van der Waals surface area contributed by atoms with Crippen LogP contribution in [0.25, 0.3) is 0 Å². The predicted octanol–water partition coefficient (Wildman–Crippen LogP) is 6.10. The van der Waals surface area contributed by atoms with Crippen LogP contribution in [0.1, 0.15) is 46.3 Å². The normalized spacial score (nSPS) is 13.6. The van der Waals surface area contributed by atoms with Gasteiger partial charge in [-0.1, -0.05) is 43.3 Å². The van der Waals surface area contributed by atoms with Gasteiger partial charge < -0.3 is 0 Å². The van der Waals surface area contributed by atoms with Crippen molar-refractivity contribution in [3.8, 4) is 0 Å². The van der Waals surface area contributed by atoms with Gasteiger partial charge in [0.25, 0.3) is 0 Å². The van der Waals surface area contributed by atoms with Gasteiger partial charge in [0, 0.05) is 11.5 Å². The van der Waals surface area contributed by atoms with Gasteiger partial charge in [-0.25, -0.2) is 0 Å². The van der Waals surface area contributed by atoms with Gasteiger partial charge in [0.2, 0.25) is 0 Å². The van der Waals surface area contributed by atoms with Crippen molar-refractivity contribution >= 4 is 5.78 Å². The van der Waals surface area contributed by atoms with Crippen molar-refractivity contribution < 1.29 is 31.1 Å². The Morgan fingerprint density at radius 1 is 0.920 bits per heavy atom. The molecule has 2 aromatic carbocycles. The van der Waals surface area contributed by atoms with Crippen LogP contribution in [-0.4, -0.2) is 5.78 Å². The number of alkyl halides is 6. The van der Waals surface area contributed by atoms with Crippen molar-refractivity contribution in [1.82, 2.24) is 0 Å². The van der Waals surface area contributed by atoms with Gasteiger partial charge in [-0.15, -0.1) is 0 Å². The van der Waals surface area contributed by atoms with Gasteiger partial charge in [-0.2, -0.15) is 26.3 Å². The first kappa shape index (κ1) is 19.0. The summed E-state index contributed by atoms with van der Waals surface area (Å²) in [7, 11) is 0. The maximum Gasteiger partial charge on any atom is 0.417 e. The molecule has 0 amide bonds. The summed E-state index contributed by atoms with van der Waals surface area (Å²) in [4.78, 5) is 12.6. The van der Waals surface area contributed by atoms with Gasteiger partial charge in [-0.05, 0) is 24.1 Å². The Bertz CT molecular complexity index is 746. The predicted molar refractivity (Wildman–Crippen MR) is 80.3 cm³/mol. The van der Waals surface area contributed by atoms with Gasteiger partial charge in [0.1, 0.15) is 0 Å². The molecule has 0 aliphatic rings. The first-order chi connectivity index (χ1) is 11.6. The van der Waals surface area contributed by atoms with E-state index in [1.54, 1.807) is 37.3 Å². The number of halogens is 6. The third-order valence-electron chi connectivity index (χ3n) is 3.84. The molecular weight excluding hydrogens is 346 g/mol. The molecule has 1 nitrogen and oxygen atoms in total. The fourth-order valence-corrected chi connectivity index (χ4v) is 2.62. The molecule has 0 aliphatic heterocycles. The van der Waals surface area contributed by atoms with Crippen molar-refractivity contribution in [1.29, 1.82) is 0 Å². The standard InChI is InChI=1S/C18H14F6O/c1-2-13(11-6-4-3-5-7-11)16(25)14-9-8-12(17(19,20)21)10-15(14)18(22,23)24/h3-10,13H,2H2,1H3. The van der Waals surface area contributed by atoms with Crippen molar-refractivity contribution in [3.63, 3.8) is 0 Å². The van der Waals surface area contributed by atoms with Crippen molar-refractivity contribution in [2.45, 2.75) is 31.6 Å². The molecule has 0 radical (unpaired) electrons. The summed E-state index contributed by atoms with van der Waals surface area (Å²) in [6.07, 6.45) is -9.77. The Hall–Kier alpha value is -2.31. The van der Waals surface area contributed by atoms with Crippen LogP contribution in [0.5, 0.6) is 0 Å². The second-order valence-electron chi connectivity index (χ2n) is 5.49. The fraction of sp³-hybridized carbons (Fsp3) is 0.278. The van der Waals surface area contributed by atoms with E-state index in [9.17, 15) is 31.1 Å². The van der Waals surface area contributed by atoms with Crippen LogP contribution in [0.2, 0.25) is 0 Å². The number of carbonyl (C=O) groups excluding carboxylic acids is 1. The molecule has 25 heavy (non-hydrogen) atoms. The number of carbonyl (C=O) groups is 1. The van der Waals surface area contributed by atoms with Crippen LogP contribution >= 0.6 is 0 Å². The van der Waals surface area contributed by atoms with Crippen LogP contribution < -0.4 is 0 Å². The fourth-order valence-electron chi connectivity index (χ4n) is 2.62. The maximum atomic E-state index is 13.2. The maximum absolute atomic E-state index is 13.2. The lowest BCUT2D eigenvalue weighted by Crippen LogP contribution is -2.20. The third-order valence-corrected chi connectivity index (χ3v) is 3.84. The van der Waals surface area contributed by atoms with Gasteiger partial charge >= 0.3 is 12.4 Å². The third kappa shape index (κ3) is 4.21. The second-order valence-corrected chi connectivity index (χ2v) is 5.49. The summed E-state index contributed by atoms with van der Waals surface area (Å²) in [5, 5.41) is 0. The van der Waals surface area contributed by atoms with E-state index in [2.05, 4.69) is 0 Å². The minimum atomic E-state index is -5.07. The smallest absolute Gasteiger partial charge is 0.293 e. The molecule has 0 spiro atoms. The van der Waals surface area contributed by atoms with E-state index in [0.29, 0.717) is 17.7 Å². The summed E-state index contributed by atoms with van der Waals surface area (Å²) < 4.78 is 77.9. The van der Waals surface area contributed by atoms with E-state index < -0.39 is 40.7 Å². The molecule has 0 saturated carbocycles. The molecule has 0 heterocycles. The summed E-state index contributed by atoms with van der Waals surface area (Å²) >= 11 is 0. The van der Waals surface area contributed by atoms with E-state index in [1.165, 1.54) is 0 Å². The Morgan fingerprint density at radius 3 is 2.00 bits per heavy atom. The highest BCUT2D eigenvalue weighted by Gasteiger charge is 2.40. The number of hydrogen-bond donors (Lipinski definition) is 0. The van der Waals surface area contributed by atoms with Crippen LogP contribution in [0.15, 0.2) is 48.5 Å². The van der Waals surface area contributed by atoms with Crippen LogP contribution in [0, 0.1) is 0 Å². The Labute approximate surface area is 140 Å². The first-order valence-electron chi connectivity index (χ1n) is 7.43. The van der Waals surface area contributed by atoms with Crippen molar-refractivity contribution in [2.75, 3.05) is 0 Å². The second kappa shape index (κ2) is 6.90. The lowest BCUT2D eigenvalue weighted by Gasteiger charge is -2.19. The lowest BCUT2D eigenvalue weighted by atomic mass is 9.86. The summed E-state index contributed by atoms with van der Waals surface area (Å²) in [6, 6.07) is 9.28. The van der Waals surface area contributed by atoms with Gasteiger partial charge in [0.05, 0.1) is 11.1 Å². The monoisotopic (exact) mass is 360 g/mol. The molecule has 0 aliphatic carbocycles. The molecule has 7 heteroatoms. The van der Waals surface area contributed by atoms with Gasteiger partial charge in [0.15, 0.2) is 5.78 Å². The molecule has 1 atom stereocenters. The highest BCUT2D eigenvalue weighted by Crippen LogP contribution is 2.39. The average molecular weight is 360 g/mol. The first-order valence-corrected chi connectivity index (χ1v) is 7.43. The topological polar surface area (TPSA) is 17.1 Å². The molecule has 2 rings (SSSR count). The highest BCUT2D eigenvalue weighted by molar-refractivity contribution is 6.02. The molecule has 2 aromatic rings. The number of benzene rings is 2. The largest absolute Gasteiger partial charge is 0.417 e. The average Bonchev–Trinajstić information content (AvgIpc) is 2.54. The van der Waals surface area contributed by atoms with Crippen molar-refractivity contribution in [3.05, 3.63) is 70.8 Å². The zero-order valence-corrected chi connectivity index (χ0v) is 13.1. The molecule has 134 valence electrons. The summed E-state index contributed by atoms with van der Waals surface area (Å²) in [5.41, 5.74) is -3.25. The summed E-state index contributed by atoms with van der Waals surface area (Å²) in [6.45, 7) is 1.63. The Kier molecular flexibility index (Phi) is 5.25. The van der Waals surface area contributed by atoms with E-state index >= 15 is 0 Å². The zero-order valence-electron chi connectivity index (χ0n) is 13.1. The lowest BCUT2D eigenvalue weighted by molar-refractivity contribution is -0.143. The minimum absolute atomic E-state index is 0.00898. The number of Topliss-reactive ketones (excluding diaryl/α,β-unsaturated/α-hetero) is 1. The molecule has 0 aromatic heterocycles. The number of hydrogen-bond acceptors (Lipinski definition) is 1. The molecule has 0 saturated heterocycles. The zero-order chi connectivity index (χ0) is 18.8.